The Kier molecular flexibility index (Phi) is 4.22. The smallest absolute Gasteiger partial charge is 0.0110 e. The van der Waals surface area contributed by atoms with Gasteiger partial charge in [0.1, 0.15) is 0 Å². The number of hydrogen-bond donors (Lipinski definition) is 1. The van der Waals surface area contributed by atoms with Crippen LogP contribution in [0.1, 0.15) is 32.6 Å². The molecule has 1 aliphatic heterocycles. The summed E-state index contributed by atoms with van der Waals surface area (Å²) in [5.41, 5.74) is 6.42. The summed E-state index contributed by atoms with van der Waals surface area (Å²) in [4.78, 5) is 5.23. The number of nitrogens with two attached hydrogens (primary N) is 1. The predicted octanol–water partition coefficient (Wildman–Crippen LogP) is 1.14. The molecule has 2 rings (SSSR count). The lowest BCUT2D eigenvalue weighted by Gasteiger charge is -2.46. The minimum atomic E-state index is 0.493. The summed E-state index contributed by atoms with van der Waals surface area (Å²) in [5.74, 6) is 0. The third-order valence-corrected chi connectivity index (χ3v) is 4.41. The van der Waals surface area contributed by atoms with E-state index in [0.29, 0.717) is 5.41 Å². The maximum atomic E-state index is 5.92. The number of hydrogen-bond acceptors (Lipinski definition) is 3. The fourth-order valence-corrected chi connectivity index (χ4v) is 3.07. The van der Waals surface area contributed by atoms with E-state index in [4.69, 9.17) is 5.73 Å². The molecule has 3 nitrogen and oxygen atoms in total. The van der Waals surface area contributed by atoms with Crippen LogP contribution in [0.4, 0.5) is 0 Å². The molecule has 0 unspecified atom stereocenters. The Balaban J connectivity index is 1.72. The lowest BCUT2D eigenvalue weighted by atomic mass is 9.68. The van der Waals surface area contributed by atoms with Crippen molar-refractivity contribution in [1.82, 2.24) is 9.80 Å². The lowest BCUT2D eigenvalue weighted by molar-refractivity contribution is 0.0437. The average Bonchev–Trinajstić information content (AvgIpc) is 2.26. The summed E-state index contributed by atoms with van der Waals surface area (Å²) in [6, 6.07) is 0. The predicted molar refractivity (Wildman–Crippen MR) is 68.5 cm³/mol. The van der Waals surface area contributed by atoms with Crippen molar-refractivity contribution in [1.29, 1.82) is 0 Å². The van der Waals surface area contributed by atoms with Gasteiger partial charge in [0.2, 0.25) is 0 Å². The van der Waals surface area contributed by atoms with E-state index in [0.717, 1.165) is 6.54 Å². The molecule has 16 heavy (non-hydrogen) atoms. The Morgan fingerprint density at radius 2 is 1.69 bits per heavy atom. The molecule has 2 N–H and O–H groups in total. The third-order valence-electron chi connectivity index (χ3n) is 4.41. The van der Waals surface area contributed by atoms with Gasteiger partial charge in [-0.1, -0.05) is 13.3 Å². The third kappa shape index (κ3) is 2.76. The van der Waals surface area contributed by atoms with Gasteiger partial charge in [-0.05, 0) is 37.8 Å². The van der Waals surface area contributed by atoms with E-state index < -0.39 is 0 Å². The molecule has 3 heteroatoms. The number of piperazine rings is 1. The van der Waals surface area contributed by atoms with Gasteiger partial charge in [-0.15, -0.1) is 0 Å². The summed E-state index contributed by atoms with van der Waals surface area (Å²) in [6.07, 6.45) is 5.40. The number of rotatable bonds is 5. The standard InChI is InChI=1S/C13H27N3/c1-2-6-15-7-9-16(10-8-15)12-13(11-14)4-3-5-13/h2-12,14H2,1H3. The molecule has 0 spiro atoms. The van der Waals surface area contributed by atoms with Crippen molar-refractivity contribution in [2.75, 3.05) is 45.8 Å². The molecule has 0 atom stereocenters. The van der Waals surface area contributed by atoms with Gasteiger partial charge in [0, 0.05) is 32.7 Å². The first kappa shape index (κ1) is 12.3. The van der Waals surface area contributed by atoms with Crippen LogP contribution in [0.5, 0.6) is 0 Å². The second-order valence-corrected chi connectivity index (χ2v) is 5.68. The van der Waals surface area contributed by atoms with E-state index in [-0.39, 0.29) is 0 Å². The molecule has 1 heterocycles. The maximum Gasteiger partial charge on any atom is 0.0110 e. The zero-order valence-electron chi connectivity index (χ0n) is 10.7. The van der Waals surface area contributed by atoms with E-state index in [9.17, 15) is 0 Å². The van der Waals surface area contributed by atoms with Crippen molar-refractivity contribution >= 4 is 0 Å². The van der Waals surface area contributed by atoms with E-state index >= 15 is 0 Å². The van der Waals surface area contributed by atoms with Gasteiger partial charge in [0.15, 0.2) is 0 Å². The lowest BCUT2D eigenvalue weighted by Crippen LogP contribution is -2.53. The molecule has 0 amide bonds. The summed E-state index contributed by atoms with van der Waals surface area (Å²) in [7, 11) is 0. The molecule has 0 aromatic rings. The molecule has 94 valence electrons. The molecule has 0 aromatic carbocycles. The topological polar surface area (TPSA) is 32.5 Å². The van der Waals surface area contributed by atoms with Gasteiger partial charge in [0.05, 0.1) is 0 Å². The molecule has 0 bridgehead atoms. The van der Waals surface area contributed by atoms with Crippen LogP contribution in [0.25, 0.3) is 0 Å². The molecule has 2 fully saturated rings. The number of nitrogens with zero attached hydrogens (tertiary/aromatic N) is 2. The van der Waals surface area contributed by atoms with E-state index in [1.807, 2.05) is 0 Å². The Labute approximate surface area is 100.0 Å². The van der Waals surface area contributed by atoms with Gasteiger partial charge in [-0.2, -0.15) is 0 Å². The van der Waals surface area contributed by atoms with Crippen molar-refractivity contribution < 1.29 is 0 Å². The molecular weight excluding hydrogens is 198 g/mol. The van der Waals surface area contributed by atoms with Crippen molar-refractivity contribution in [2.45, 2.75) is 32.6 Å². The zero-order valence-corrected chi connectivity index (χ0v) is 10.7. The van der Waals surface area contributed by atoms with Crippen LogP contribution in [-0.2, 0) is 0 Å². The molecule has 1 aliphatic carbocycles. The van der Waals surface area contributed by atoms with Crippen molar-refractivity contribution in [3.05, 3.63) is 0 Å². The molecular formula is C13H27N3. The largest absolute Gasteiger partial charge is 0.330 e. The van der Waals surface area contributed by atoms with Crippen LogP contribution in [0.15, 0.2) is 0 Å². The summed E-state index contributed by atoms with van der Waals surface area (Å²) >= 11 is 0. The Bertz CT molecular complexity index is 200. The molecule has 2 aliphatic rings. The SMILES string of the molecule is CCCN1CCN(CC2(CN)CCC2)CC1. The van der Waals surface area contributed by atoms with Crippen molar-refractivity contribution in [2.24, 2.45) is 11.1 Å². The summed E-state index contributed by atoms with van der Waals surface area (Å²) < 4.78 is 0. The second-order valence-electron chi connectivity index (χ2n) is 5.68. The minimum absolute atomic E-state index is 0.493. The van der Waals surface area contributed by atoms with E-state index in [1.54, 1.807) is 0 Å². The fourth-order valence-electron chi connectivity index (χ4n) is 3.07. The molecule has 0 radical (unpaired) electrons. The Morgan fingerprint density at radius 3 is 2.12 bits per heavy atom. The fraction of sp³-hybridized carbons (Fsp3) is 1.00. The van der Waals surface area contributed by atoms with Gasteiger partial charge >= 0.3 is 0 Å². The monoisotopic (exact) mass is 225 g/mol. The maximum absolute atomic E-state index is 5.92. The highest BCUT2D eigenvalue weighted by atomic mass is 15.3. The van der Waals surface area contributed by atoms with Crippen LogP contribution >= 0.6 is 0 Å². The van der Waals surface area contributed by atoms with Gasteiger partial charge < -0.3 is 15.5 Å². The molecule has 1 saturated heterocycles. The average molecular weight is 225 g/mol. The second kappa shape index (κ2) is 5.48. The summed E-state index contributed by atoms with van der Waals surface area (Å²) in [5, 5.41) is 0. The quantitative estimate of drug-likeness (QED) is 0.761. The summed E-state index contributed by atoms with van der Waals surface area (Å²) in [6.45, 7) is 10.7. The Morgan fingerprint density at radius 1 is 1.06 bits per heavy atom. The van der Waals surface area contributed by atoms with Gasteiger partial charge in [0.25, 0.3) is 0 Å². The highest BCUT2D eigenvalue weighted by molar-refractivity contribution is 4.92. The minimum Gasteiger partial charge on any atom is -0.330 e. The Hall–Kier alpha value is -0.120. The normalized spacial score (nSPS) is 26.6. The first-order valence-electron chi connectivity index (χ1n) is 6.93. The highest BCUT2D eigenvalue weighted by Crippen LogP contribution is 2.40. The van der Waals surface area contributed by atoms with Crippen molar-refractivity contribution in [3.63, 3.8) is 0 Å². The van der Waals surface area contributed by atoms with Crippen molar-refractivity contribution in [3.8, 4) is 0 Å². The van der Waals surface area contributed by atoms with Crippen LogP contribution in [0.3, 0.4) is 0 Å². The van der Waals surface area contributed by atoms with E-state index in [2.05, 4.69) is 16.7 Å². The highest BCUT2D eigenvalue weighted by Gasteiger charge is 2.37. The molecule has 0 aromatic heterocycles. The zero-order chi connectivity index (χ0) is 11.4. The van der Waals surface area contributed by atoms with Gasteiger partial charge in [-0.3, -0.25) is 0 Å². The van der Waals surface area contributed by atoms with Crippen LogP contribution < -0.4 is 5.73 Å². The van der Waals surface area contributed by atoms with Gasteiger partial charge in [-0.25, -0.2) is 0 Å². The first-order valence-corrected chi connectivity index (χ1v) is 6.93. The first-order chi connectivity index (χ1) is 7.78. The van der Waals surface area contributed by atoms with Crippen LogP contribution in [-0.4, -0.2) is 55.6 Å². The molecule has 1 saturated carbocycles. The van der Waals surface area contributed by atoms with Crippen LogP contribution in [0, 0.1) is 5.41 Å². The van der Waals surface area contributed by atoms with E-state index in [1.165, 1.54) is 65.0 Å². The van der Waals surface area contributed by atoms with Crippen LogP contribution in [0.2, 0.25) is 0 Å².